The summed E-state index contributed by atoms with van der Waals surface area (Å²) in [6.07, 6.45) is 2.24. The Bertz CT molecular complexity index is 317. The first-order valence-electron chi connectivity index (χ1n) is 7.08. The second-order valence-corrected chi connectivity index (χ2v) is 4.74. The quantitative estimate of drug-likeness (QED) is 0.702. The van der Waals surface area contributed by atoms with E-state index < -0.39 is 0 Å². The van der Waals surface area contributed by atoms with Crippen molar-refractivity contribution in [2.75, 3.05) is 19.6 Å². The van der Waals surface area contributed by atoms with Gasteiger partial charge in [0.25, 0.3) is 0 Å². The first kappa shape index (κ1) is 18.1. The molecule has 0 bridgehead atoms. The van der Waals surface area contributed by atoms with Gasteiger partial charge in [0.2, 0.25) is 5.24 Å². The zero-order valence-electron chi connectivity index (χ0n) is 12.4. The second kappa shape index (κ2) is 12.2. The van der Waals surface area contributed by atoms with Gasteiger partial charge < -0.3 is 4.90 Å². The summed E-state index contributed by atoms with van der Waals surface area (Å²) in [7, 11) is 0. The number of carbonyl (C=O) groups is 1. The van der Waals surface area contributed by atoms with Gasteiger partial charge in [-0.25, -0.2) is 0 Å². The van der Waals surface area contributed by atoms with Crippen molar-refractivity contribution < 1.29 is 4.79 Å². The van der Waals surface area contributed by atoms with E-state index in [-0.39, 0.29) is 5.24 Å². The first-order chi connectivity index (χ1) is 9.13. The lowest BCUT2D eigenvalue weighted by atomic mass is 10.1. The molecule has 0 aliphatic heterocycles. The molecule has 0 aliphatic carbocycles. The summed E-state index contributed by atoms with van der Waals surface area (Å²) in [5.41, 5.74) is 1.26. The Balaban J connectivity index is 0.000000399. The van der Waals surface area contributed by atoms with Crippen LogP contribution < -0.4 is 0 Å². The number of rotatable bonds is 7. The second-order valence-electron chi connectivity index (χ2n) is 4.31. The van der Waals surface area contributed by atoms with Crippen molar-refractivity contribution in [3.63, 3.8) is 0 Å². The van der Waals surface area contributed by atoms with Crippen LogP contribution in [-0.4, -0.2) is 29.8 Å². The van der Waals surface area contributed by atoms with Crippen LogP contribution in [0, 0.1) is 0 Å². The Kier molecular flexibility index (Phi) is 11.6. The predicted molar refractivity (Wildman–Crippen MR) is 83.7 cm³/mol. The molecule has 0 atom stereocenters. The van der Waals surface area contributed by atoms with Crippen molar-refractivity contribution in [2.45, 2.75) is 40.0 Å². The Morgan fingerprint density at radius 2 is 1.58 bits per heavy atom. The maximum Gasteiger partial charge on any atom is 0.221 e. The van der Waals surface area contributed by atoms with Crippen molar-refractivity contribution in [1.29, 1.82) is 0 Å². The fraction of sp³-hybridized carbons (Fsp3) is 0.562. The topological polar surface area (TPSA) is 20.3 Å². The first-order valence-corrected chi connectivity index (χ1v) is 7.46. The highest BCUT2D eigenvalue weighted by molar-refractivity contribution is 6.63. The van der Waals surface area contributed by atoms with E-state index in [0.717, 1.165) is 12.8 Å². The van der Waals surface area contributed by atoms with Crippen molar-refractivity contribution >= 4 is 16.8 Å². The molecule has 0 aromatic heterocycles. The number of nitrogens with zero attached hydrogens (tertiary/aromatic N) is 1. The van der Waals surface area contributed by atoms with Gasteiger partial charge >= 0.3 is 0 Å². The predicted octanol–water partition coefficient (Wildman–Crippen LogP) is 4.12. The number of aryl methyl sites for hydroxylation is 1. The highest BCUT2D eigenvalue weighted by Crippen LogP contribution is 2.05. The lowest BCUT2D eigenvalue weighted by Gasteiger charge is -2.13. The fourth-order valence-electron chi connectivity index (χ4n) is 1.75. The molecular weight excluding hydrogens is 258 g/mol. The van der Waals surface area contributed by atoms with Gasteiger partial charge in [-0.2, -0.15) is 0 Å². The molecule has 3 heteroatoms. The molecule has 0 unspecified atom stereocenters. The summed E-state index contributed by atoms with van der Waals surface area (Å²) in [4.78, 5) is 12.8. The molecule has 108 valence electrons. The Morgan fingerprint density at radius 1 is 1.05 bits per heavy atom. The third-order valence-corrected chi connectivity index (χ3v) is 3.21. The fourth-order valence-corrected chi connectivity index (χ4v) is 1.88. The van der Waals surface area contributed by atoms with Crippen molar-refractivity contribution in [3.8, 4) is 0 Å². The Morgan fingerprint density at radius 3 is 1.95 bits per heavy atom. The van der Waals surface area contributed by atoms with E-state index in [4.69, 9.17) is 11.6 Å². The van der Waals surface area contributed by atoms with Gasteiger partial charge in [-0.3, -0.25) is 4.79 Å². The standard InChI is InChI=1S/C10H11ClO.C6H15N/c11-10(12)8-4-7-9-5-2-1-3-6-9;1-4-7(5-2)6-3/h1-3,5-6H,4,7-8H2;4-6H2,1-3H3. The molecule has 0 aliphatic rings. The highest BCUT2D eigenvalue weighted by atomic mass is 35.5. The molecule has 0 saturated heterocycles. The molecular formula is C16H26ClNO. The van der Waals surface area contributed by atoms with Gasteiger partial charge in [-0.1, -0.05) is 51.1 Å². The maximum absolute atomic E-state index is 10.4. The average molecular weight is 284 g/mol. The SMILES string of the molecule is CCN(CC)CC.O=C(Cl)CCCc1ccccc1. The number of hydrogen-bond donors (Lipinski definition) is 0. The minimum atomic E-state index is -0.245. The maximum atomic E-state index is 10.4. The van der Waals surface area contributed by atoms with Crippen molar-refractivity contribution in [3.05, 3.63) is 35.9 Å². The summed E-state index contributed by atoms with van der Waals surface area (Å²) in [5, 5.41) is -0.245. The largest absolute Gasteiger partial charge is 0.304 e. The summed E-state index contributed by atoms with van der Waals surface area (Å²) in [5.74, 6) is 0. The molecule has 0 spiro atoms. The number of benzene rings is 1. The molecule has 1 aromatic carbocycles. The molecule has 0 radical (unpaired) electrons. The third kappa shape index (κ3) is 10.7. The molecule has 0 fully saturated rings. The van der Waals surface area contributed by atoms with Gasteiger partial charge in [-0.15, -0.1) is 0 Å². The van der Waals surface area contributed by atoms with Crippen LogP contribution in [0.2, 0.25) is 0 Å². The van der Waals surface area contributed by atoms with Gasteiger partial charge in [0.05, 0.1) is 0 Å². The van der Waals surface area contributed by atoms with Gasteiger partial charge in [0, 0.05) is 6.42 Å². The van der Waals surface area contributed by atoms with E-state index >= 15 is 0 Å². The van der Waals surface area contributed by atoms with Crippen LogP contribution in [-0.2, 0) is 11.2 Å². The zero-order valence-corrected chi connectivity index (χ0v) is 13.1. The van der Waals surface area contributed by atoms with Crippen LogP contribution in [0.15, 0.2) is 30.3 Å². The molecule has 0 amide bonds. The zero-order chi connectivity index (χ0) is 14.5. The van der Waals surface area contributed by atoms with E-state index in [1.165, 1.54) is 25.2 Å². The third-order valence-electron chi connectivity index (χ3n) is 3.02. The molecule has 1 aromatic rings. The lowest BCUT2D eigenvalue weighted by molar-refractivity contribution is -0.111. The molecule has 2 nitrogen and oxygen atoms in total. The Labute approximate surface area is 122 Å². The molecule has 19 heavy (non-hydrogen) atoms. The average Bonchev–Trinajstić information content (AvgIpc) is 2.42. The van der Waals surface area contributed by atoms with E-state index in [1.54, 1.807) is 0 Å². The van der Waals surface area contributed by atoms with Crippen LogP contribution in [0.25, 0.3) is 0 Å². The number of halogens is 1. The van der Waals surface area contributed by atoms with E-state index in [2.05, 4.69) is 37.8 Å². The van der Waals surface area contributed by atoms with E-state index in [0.29, 0.717) is 6.42 Å². The highest BCUT2D eigenvalue weighted by Gasteiger charge is 1.96. The van der Waals surface area contributed by atoms with Crippen LogP contribution >= 0.6 is 11.6 Å². The molecule has 0 saturated carbocycles. The van der Waals surface area contributed by atoms with Gasteiger partial charge in [0.15, 0.2) is 0 Å². The lowest BCUT2D eigenvalue weighted by Crippen LogP contribution is -2.21. The number of hydrogen-bond acceptors (Lipinski definition) is 2. The van der Waals surface area contributed by atoms with Gasteiger partial charge in [0.1, 0.15) is 0 Å². The van der Waals surface area contributed by atoms with Gasteiger partial charge in [-0.05, 0) is 49.6 Å². The minimum absolute atomic E-state index is 0.245. The van der Waals surface area contributed by atoms with Crippen molar-refractivity contribution in [2.24, 2.45) is 0 Å². The number of carbonyl (C=O) groups excluding carboxylic acids is 1. The monoisotopic (exact) mass is 283 g/mol. The molecule has 0 N–H and O–H groups in total. The summed E-state index contributed by atoms with van der Waals surface area (Å²) in [6.45, 7) is 10.1. The van der Waals surface area contributed by atoms with Crippen LogP contribution in [0.4, 0.5) is 0 Å². The summed E-state index contributed by atoms with van der Waals surface area (Å²) in [6, 6.07) is 10.1. The van der Waals surface area contributed by atoms with Crippen LogP contribution in [0.3, 0.4) is 0 Å². The summed E-state index contributed by atoms with van der Waals surface area (Å²) < 4.78 is 0. The molecule has 0 heterocycles. The van der Waals surface area contributed by atoms with E-state index in [9.17, 15) is 4.79 Å². The van der Waals surface area contributed by atoms with Crippen LogP contribution in [0.1, 0.15) is 39.2 Å². The summed E-state index contributed by atoms with van der Waals surface area (Å²) >= 11 is 5.21. The van der Waals surface area contributed by atoms with Crippen LogP contribution in [0.5, 0.6) is 0 Å². The smallest absolute Gasteiger partial charge is 0.221 e. The van der Waals surface area contributed by atoms with Crippen molar-refractivity contribution in [1.82, 2.24) is 4.90 Å². The normalized spacial score (nSPS) is 9.95. The Hall–Kier alpha value is -0.860. The minimum Gasteiger partial charge on any atom is -0.304 e. The molecule has 1 rings (SSSR count). The van der Waals surface area contributed by atoms with E-state index in [1.807, 2.05) is 18.2 Å².